The van der Waals surface area contributed by atoms with Crippen molar-refractivity contribution in [2.45, 2.75) is 22.4 Å². The van der Waals surface area contributed by atoms with Crippen LogP contribution in [0.1, 0.15) is 5.56 Å². The minimum atomic E-state index is -4.28. The molecular formula is C45H50ClN9O4S2. The van der Waals surface area contributed by atoms with E-state index in [1.807, 2.05) is 81.8 Å². The Balaban J connectivity index is 1.02. The molecule has 1 saturated heterocycles. The highest BCUT2D eigenvalue weighted by Gasteiger charge is 2.26. The Hall–Kier alpha value is -5.29. The van der Waals surface area contributed by atoms with Crippen molar-refractivity contribution < 1.29 is 13.3 Å². The molecule has 318 valence electrons. The first kappa shape index (κ1) is 43.8. The normalized spacial score (nSPS) is 14.1. The first-order valence-electron chi connectivity index (χ1n) is 20.1. The molecule has 1 aromatic heterocycles. The lowest BCUT2D eigenvalue weighted by atomic mass is 9.99. The highest BCUT2D eigenvalue weighted by molar-refractivity contribution is 7.99. The summed E-state index contributed by atoms with van der Waals surface area (Å²) in [5, 5.41) is 17.0. The van der Waals surface area contributed by atoms with E-state index < -0.39 is 14.9 Å². The SMILES string of the molecule is CN(C)CCN(C)CC(CSc1ccccc1)Nc1ccc(S(=O)(=O)Nc2ncnc3cc(N4CCN(Cc5ccccc5-c5ccc(Cl)cc5)CC4)ccc23)cc1[N+](=O)[O-]. The number of nitrogens with one attached hydrogen (secondary N) is 2. The van der Waals surface area contributed by atoms with E-state index in [0.29, 0.717) is 28.2 Å². The first-order valence-corrected chi connectivity index (χ1v) is 22.9. The van der Waals surface area contributed by atoms with E-state index in [4.69, 9.17) is 11.6 Å². The Morgan fingerprint density at radius 1 is 0.869 bits per heavy atom. The van der Waals surface area contributed by atoms with E-state index >= 15 is 0 Å². The average molecular weight is 881 g/mol. The number of halogens is 1. The summed E-state index contributed by atoms with van der Waals surface area (Å²) in [5.41, 5.74) is 5.05. The monoisotopic (exact) mass is 879 g/mol. The standard InChI is InChI=1S/C45H50ClN9O4S2/c1-51(2)21-22-52(3)30-36(31-60-38-10-5-4-6-11-38)49-42-20-18-39(28-44(42)55(56)57)61(58,59)50-45-41-19-17-37(27-43(41)47-32-48-45)54-25-23-53(24-26-54)29-34-9-7-8-12-40(34)33-13-15-35(46)16-14-33/h4-20,27-28,32,36,49H,21-26,29-31H2,1-3H3,(H,47,48,50). The molecule has 1 fully saturated rings. The largest absolute Gasteiger partial charge is 0.375 e. The van der Waals surface area contributed by atoms with Gasteiger partial charge in [-0.15, -0.1) is 11.8 Å². The van der Waals surface area contributed by atoms with E-state index in [1.165, 1.54) is 29.6 Å². The van der Waals surface area contributed by atoms with Gasteiger partial charge >= 0.3 is 0 Å². The molecule has 1 aliphatic heterocycles. The van der Waals surface area contributed by atoms with Crippen molar-refractivity contribution in [3.05, 3.63) is 142 Å². The van der Waals surface area contributed by atoms with Crippen LogP contribution in [0.2, 0.25) is 5.02 Å². The smallest absolute Gasteiger partial charge is 0.293 e. The van der Waals surface area contributed by atoms with Gasteiger partial charge in [0.25, 0.3) is 15.7 Å². The molecule has 0 radical (unpaired) electrons. The molecule has 1 aliphatic rings. The maximum atomic E-state index is 13.8. The second-order valence-electron chi connectivity index (χ2n) is 15.4. The summed E-state index contributed by atoms with van der Waals surface area (Å²) in [6.07, 6.45) is 1.32. The summed E-state index contributed by atoms with van der Waals surface area (Å²) >= 11 is 7.80. The molecular weight excluding hydrogens is 830 g/mol. The van der Waals surface area contributed by atoms with Crippen molar-refractivity contribution in [3.8, 4) is 11.1 Å². The molecule has 1 atom stereocenters. The van der Waals surface area contributed by atoms with Crippen LogP contribution < -0.4 is 14.9 Å². The molecule has 1 unspecified atom stereocenters. The van der Waals surface area contributed by atoms with Gasteiger partial charge < -0.3 is 20.0 Å². The van der Waals surface area contributed by atoms with Crippen LogP contribution in [0.15, 0.2) is 131 Å². The van der Waals surface area contributed by atoms with Gasteiger partial charge in [-0.3, -0.25) is 19.7 Å². The first-order chi connectivity index (χ1) is 29.4. The van der Waals surface area contributed by atoms with E-state index in [9.17, 15) is 18.5 Å². The molecule has 0 saturated carbocycles. The number of piperazine rings is 1. The highest BCUT2D eigenvalue weighted by Crippen LogP contribution is 2.33. The van der Waals surface area contributed by atoms with Crippen LogP contribution in [0.3, 0.4) is 0 Å². The Bertz CT molecular complexity index is 2540. The van der Waals surface area contributed by atoms with Gasteiger partial charge in [-0.2, -0.15) is 0 Å². The van der Waals surface area contributed by atoms with Crippen LogP contribution in [0.4, 0.5) is 22.9 Å². The second-order valence-corrected chi connectivity index (χ2v) is 18.6. The third-order valence-corrected chi connectivity index (χ3v) is 13.4. The van der Waals surface area contributed by atoms with Crippen molar-refractivity contribution in [1.29, 1.82) is 0 Å². The predicted molar refractivity (Wildman–Crippen MR) is 248 cm³/mol. The van der Waals surface area contributed by atoms with Crippen LogP contribution >= 0.6 is 23.4 Å². The summed E-state index contributed by atoms with van der Waals surface area (Å²) in [7, 11) is 1.77. The van der Waals surface area contributed by atoms with Crippen molar-refractivity contribution in [2.24, 2.45) is 0 Å². The molecule has 2 N–H and O–H groups in total. The number of nitro groups is 1. The molecule has 61 heavy (non-hydrogen) atoms. The van der Waals surface area contributed by atoms with E-state index in [0.717, 1.165) is 68.0 Å². The Morgan fingerprint density at radius 2 is 1.61 bits per heavy atom. The number of hydrogen-bond acceptors (Lipinski definition) is 12. The highest BCUT2D eigenvalue weighted by atomic mass is 35.5. The lowest BCUT2D eigenvalue weighted by Crippen LogP contribution is -2.46. The fraction of sp³-hybridized carbons (Fsp3) is 0.289. The zero-order valence-corrected chi connectivity index (χ0v) is 36.8. The number of nitro benzene ring substituents is 1. The molecule has 16 heteroatoms. The summed E-state index contributed by atoms with van der Waals surface area (Å²) in [6.45, 7) is 6.46. The third kappa shape index (κ3) is 11.6. The number of thioether (sulfide) groups is 1. The molecule has 7 rings (SSSR count). The Morgan fingerprint density at radius 3 is 2.34 bits per heavy atom. The number of anilines is 3. The van der Waals surface area contributed by atoms with Crippen LogP contribution in [-0.2, 0) is 16.6 Å². The van der Waals surface area contributed by atoms with Crippen LogP contribution in [-0.4, -0.2) is 117 Å². The maximum absolute atomic E-state index is 13.8. The molecule has 0 amide bonds. The molecule has 0 bridgehead atoms. The predicted octanol–water partition coefficient (Wildman–Crippen LogP) is 8.05. The van der Waals surface area contributed by atoms with E-state index in [1.54, 1.807) is 11.8 Å². The van der Waals surface area contributed by atoms with Crippen LogP contribution in [0, 0.1) is 10.1 Å². The van der Waals surface area contributed by atoms with Gasteiger partial charge in [-0.05, 0) is 92.4 Å². The Kier molecular flexibility index (Phi) is 14.4. The van der Waals surface area contributed by atoms with E-state index in [2.05, 4.69) is 76.0 Å². The number of hydrogen-bond donors (Lipinski definition) is 2. The average Bonchev–Trinajstić information content (AvgIpc) is 3.26. The maximum Gasteiger partial charge on any atom is 0.293 e. The summed E-state index contributed by atoms with van der Waals surface area (Å²) in [5.74, 6) is 0.721. The van der Waals surface area contributed by atoms with Crippen molar-refractivity contribution >= 4 is 67.2 Å². The third-order valence-electron chi connectivity index (χ3n) is 10.6. The lowest BCUT2D eigenvalue weighted by Gasteiger charge is -2.36. The number of aromatic nitrogens is 2. The van der Waals surface area contributed by atoms with Gasteiger partial charge in [0.15, 0.2) is 5.82 Å². The zero-order valence-electron chi connectivity index (χ0n) is 34.4. The minimum Gasteiger partial charge on any atom is -0.375 e. The number of sulfonamides is 1. The Labute approximate surface area is 366 Å². The lowest BCUT2D eigenvalue weighted by molar-refractivity contribution is -0.384. The number of benzene rings is 5. The number of fused-ring (bicyclic) bond motifs is 1. The van der Waals surface area contributed by atoms with Crippen LogP contribution in [0.25, 0.3) is 22.0 Å². The summed E-state index contributed by atoms with van der Waals surface area (Å²) in [6, 6.07) is 35.8. The fourth-order valence-electron chi connectivity index (χ4n) is 7.35. The van der Waals surface area contributed by atoms with Gasteiger partial charge in [0.1, 0.15) is 12.0 Å². The molecule has 5 aromatic carbocycles. The van der Waals surface area contributed by atoms with Gasteiger partial charge in [0, 0.05) is 91.2 Å². The van der Waals surface area contributed by atoms with Crippen molar-refractivity contribution in [3.63, 3.8) is 0 Å². The number of likely N-dealkylation sites (N-methyl/N-ethyl adjacent to an activating group) is 2. The zero-order chi connectivity index (χ0) is 42.9. The van der Waals surface area contributed by atoms with Gasteiger partial charge in [0.05, 0.1) is 15.3 Å². The molecule has 0 aliphatic carbocycles. The topological polar surface area (TPSA) is 140 Å². The van der Waals surface area contributed by atoms with Crippen molar-refractivity contribution in [1.82, 2.24) is 24.7 Å². The second kappa shape index (κ2) is 20.1. The quantitative estimate of drug-likeness (QED) is 0.0491. The van der Waals surface area contributed by atoms with Crippen molar-refractivity contribution in [2.75, 3.05) is 87.6 Å². The fourth-order valence-corrected chi connectivity index (χ4v) is 9.45. The molecule has 0 spiro atoms. The van der Waals surface area contributed by atoms with Gasteiger partial charge in [-0.25, -0.2) is 18.4 Å². The van der Waals surface area contributed by atoms with E-state index in [-0.39, 0.29) is 28.1 Å². The number of rotatable bonds is 18. The summed E-state index contributed by atoms with van der Waals surface area (Å²) < 4.78 is 30.2. The summed E-state index contributed by atoms with van der Waals surface area (Å²) in [4.78, 5) is 30.5. The molecule has 2 heterocycles. The minimum absolute atomic E-state index is 0.0874. The van der Waals surface area contributed by atoms with Gasteiger partial charge in [-0.1, -0.05) is 66.2 Å². The van der Waals surface area contributed by atoms with Crippen LogP contribution in [0.5, 0.6) is 0 Å². The van der Waals surface area contributed by atoms with Gasteiger partial charge in [0.2, 0.25) is 0 Å². The number of nitrogens with zero attached hydrogens (tertiary/aromatic N) is 7. The molecule has 6 aromatic rings. The molecule has 13 nitrogen and oxygen atoms in total.